The average Bonchev–Trinajstić information content (AvgIpc) is 3.41. The minimum Gasteiger partial charge on any atom is -0.488 e. The Morgan fingerprint density at radius 1 is 1.21 bits per heavy atom. The van der Waals surface area contributed by atoms with Crippen LogP contribution in [0.3, 0.4) is 0 Å². The van der Waals surface area contributed by atoms with E-state index in [1.54, 1.807) is 12.1 Å². The third kappa shape index (κ3) is 5.85. The normalized spacial score (nSPS) is 19.0. The standard InChI is InChI=1S/C24H30N2O6S/c1-24(2)15-18-7-4-10-21(22(18)32-24)31-13-11-25-23(27)17-6-3-9-20(14-17)33(28,29)26-16-19-8-5-12-30-19/h3-4,6-7,9-10,14,19,26H,5,8,11-13,15-16H2,1-2H3,(H,25,27). The molecule has 2 aromatic rings. The van der Waals surface area contributed by atoms with Crippen LogP contribution in [0.2, 0.25) is 0 Å². The van der Waals surface area contributed by atoms with Crippen molar-refractivity contribution in [3.63, 3.8) is 0 Å². The summed E-state index contributed by atoms with van der Waals surface area (Å²) in [5.41, 5.74) is 1.11. The summed E-state index contributed by atoms with van der Waals surface area (Å²) in [6.45, 7) is 5.46. The number of nitrogens with one attached hydrogen (secondary N) is 2. The number of para-hydroxylation sites is 1. The lowest BCUT2D eigenvalue weighted by molar-refractivity contribution is 0.0946. The number of benzene rings is 2. The van der Waals surface area contributed by atoms with Gasteiger partial charge in [-0.25, -0.2) is 13.1 Å². The van der Waals surface area contributed by atoms with E-state index in [4.69, 9.17) is 14.2 Å². The maximum absolute atomic E-state index is 12.6. The van der Waals surface area contributed by atoms with Crippen molar-refractivity contribution in [3.8, 4) is 11.5 Å². The van der Waals surface area contributed by atoms with Gasteiger partial charge in [-0.1, -0.05) is 18.2 Å². The highest BCUT2D eigenvalue weighted by Crippen LogP contribution is 2.41. The lowest BCUT2D eigenvalue weighted by Gasteiger charge is -2.18. The fraction of sp³-hybridized carbons (Fsp3) is 0.458. The lowest BCUT2D eigenvalue weighted by atomic mass is 10.0. The number of hydrogen-bond acceptors (Lipinski definition) is 6. The Labute approximate surface area is 194 Å². The van der Waals surface area contributed by atoms with E-state index in [-0.39, 0.29) is 47.8 Å². The largest absolute Gasteiger partial charge is 0.488 e. The number of ether oxygens (including phenoxy) is 3. The molecule has 1 unspecified atom stereocenters. The van der Waals surface area contributed by atoms with Crippen LogP contribution in [0.25, 0.3) is 0 Å². The van der Waals surface area contributed by atoms with Crippen molar-refractivity contribution < 1.29 is 27.4 Å². The predicted molar refractivity (Wildman–Crippen MR) is 123 cm³/mol. The van der Waals surface area contributed by atoms with Crippen LogP contribution in [0.1, 0.15) is 42.6 Å². The zero-order valence-electron chi connectivity index (χ0n) is 18.9. The molecule has 1 amide bonds. The van der Waals surface area contributed by atoms with Crippen LogP contribution in [0.4, 0.5) is 0 Å². The highest BCUT2D eigenvalue weighted by molar-refractivity contribution is 7.89. The second-order valence-corrected chi connectivity index (χ2v) is 10.7. The first-order valence-electron chi connectivity index (χ1n) is 11.2. The van der Waals surface area contributed by atoms with Gasteiger partial charge in [-0.3, -0.25) is 4.79 Å². The molecule has 2 heterocycles. The molecule has 2 N–H and O–H groups in total. The first-order chi connectivity index (χ1) is 15.7. The zero-order valence-corrected chi connectivity index (χ0v) is 19.7. The predicted octanol–water partition coefficient (Wildman–Crippen LogP) is 2.67. The Morgan fingerprint density at radius 3 is 2.82 bits per heavy atom. The number of rotatable bonds is 9. The SMILES string of the molecule is CC1(C)Cc2cccc(OCCNC(=O)c3cccc(S(=O)(=O)NCC4CCCO4)c3)c2O1. The Hall–Kier alpha value is -2.62. The van der Waals surface area contributed by atoms with Crippen LogP contribution in [0.5, 0.6) is 11.5 Å². The molecule has 0 bridgehead atoms. The van der Waals surface area contributed by atoms with Gasteiger partial charge in [-0.2, -0.15) is 0 Å². The molecule has 2 aliphatic heterocycles. The van der Waals surface area contributed by atoms with E-state index in [0.29, 0.717) is 12.4 Å². The molecule has 178 valence electrons. The molecule has 0 aliphatic carbocycles. The molecule has 1 fully saturated rings. The molecular formula is C24H30N2O6S. The molecular weight excluding hydrogens is 444 g/mol. The number of fused-ring (bicyclic) bond motifs is 1. The third-order valence-electron chi connectivity index (χ3n) is 5.63. The van der Waals surface area contributed by atoms with Crippen LogP contribution < -0.4 is 19.5 Å². The Morgan fingerprint density at radius 2 is 2.03 bits per heavy atom. The molecule has 8 nitrogen and oxygen atoms in total. The van der Waals surface area contributed by atoms with Crippen molar-refractivity contribution >= 4 is 15.9 Å². The van der Waals surface area contributed by atoms with Gasteiger partial charge in [0.25, 0.3) is 5.91 Å². The second-order valence-electron chi connectivity index (χ2n) is 8.90. The molecule has 9 heteroatoms. The second kappa shape index (κ2) is 9.70. The lowest BCUT2D eigenvalue weighted by Crippen LogP contribution is -2.32. The van der Waals surface area contributed by atoms with Gasteiger partial charge in [0.2, 0.25) is 10.0 Å². The molecule has 2 aliphatic rings. The number of sulfonamides is 1. The van der Waals surface area contributed by atoms with Crippen LogP contribution in [-0.2, 0) is 21.2 Å². The minimum atomic E-state index is -3.73. The molecule has 0 spiro atoms. The summed E-state index contributed by atoms with van der Waals surface area (Å²) in [6.07, 6.45) is 2.48. The summed E-state index contributed by atoms with van der Waals surface area (Å²) in [5, 5.41) is 2.77. The van der Waals surface area contributed by atoms with Crippen LogP contribution in [0, 0.1) is 0 Å². The number of hydrogen-bond donors (Lipinski definition) is 2. The van der Waals surface area contributed by atoms with Gasteiger partial charge in [0.1, 0.15) is 12.2 Å². The molecule has 0 radical (unpaired) electrons. The summed E-state index contributed by atoms with van der Waals surface area (Å²) in [6, 6.07) is 11.8. The van der Waals surface area contributed by atoms with E-state index >= 15 is 0 Å². The van der Waals surface area contributed by atoms with Gasteiger partial charge in [0, 0.05) is 30.7 Å². The van der Waals surface area contributed by atoms with Crippen molar-refractivity contribution in [1.29, 1.82) is 0 Å². The summed E-state index contributed by atoms with van der Waals surface area (Å²) >= 11 is 0. The van der Waals surface area contributed by atoms with Gasteiger partial charge in [-0.05, 0) is 51.0 Å². The van der Waals surface area contributed by atoms with Crippen molar-refractivity contribution in [2.24, 2.45) is 0 Å². The van der Waals surface area contributed by atoms with E-state index in [9.17, 15) is 13.2 Å². The monoisotopic (exact) mass is 474 g/mol. The third-order valence-corrected chi connectivity index (χ3v) is 7.05. The van der Waals surface area contributed by atoms with Crippen LogP contribution in [-0.4, -0.2) is 52.3 Å². The van der Waals surface area contributed by atoms with Gasteiger partial charge in [0.15, 0.2) is 11.5 Å². The minimum absolute atomic E-state index is 0.0454. The van der Waals surface area contributed by atoms with Gasteiger partial charge >= 0.3 is 0 Å². The van der Waals surface area contributed by atoms with E-state index in [2.05, 4.69) is 10.0 Å². The summed E-state index contributed by atoms with van der Waals surface area (Å²) in [4.78, 5) is 12.6. The molecule has 4 rings (SSSR count). The smallest absolute Gasteiger partial charge is 0.251 e. The number of carbonyl (C=O) groups excluding carboxylic acids is 1. The molecule has 2 aromatic carbocycles. The zero-order chi connectivity index (χ0) is 23.5. The van der Waals surface area contributed by atoms with Gasteiger partial charge in [-0.15, -0.1) is 0 Å². The highest BCUT2D eigenvalue weighted by Gasteiger charge is 2.32. The Balaban J connectivity index is 1.29. The molecule has 1 atom stereocenters. The summed E-state index contributed by atoms with van der Waals surface area (Å²) in [5.74, 6) is 1.03. The fourth-order valence-electron chi connectivity index (χ4n) is 4.02. The maximum Gasteiger partial charge on any atom is 0.251 e. The van der Waals surface area contributed by atoms with Crippen molar-refractivity contribution in [2.45, 2.75) is 49.7 Å². The van der Waals surface area contributed by atoms with Gasteiger partial charge in [0.05, 0.1) is 17.5 Å². The van der Waals surface area contributed by atoms with Gasteiger partial charge < -0.3 is 19.5 Å². The van der Waals surface area contributed by atoms with E-state index in [1.807, 2.05) is 32.0 Å². The highest BCUT2D eigenvalue weighted by atomic mass is 32.2. The molecule has 0 saturated carbocycles. The van der Waals surface area contributed by atoms with Crippen LogP contribution >= 0.6 is 0 Å². The van der Waals surface area contributed by atoms with Crippen molar-refractivity contribution in [1.82, 2.24) is 10.0 Å². The molecule has 1 saturated heterocycles. The Kier molecular flexibility index (Phi) is 6.92. The Bertz CT molecular complexity index is 1110. The van der Waals surface area contributed by atoms with E-state index in [0.717, 1.165) is 30.6 Å². The quantitative estimate of drug-likeness (QED) is 0.542. The fourth-order valence-corrected chi connectivity index (χ4v) is 5.14. The maximum atomic E-state index is 12.6. The first kappa shape index (κ1) is 23.5. The molecule has 33 heavy (non-hydrogen) atoms. The topological polar surface area (TPSA) is 103 Å². The van der Waals surface area contributed by atoms with E-state index < -0.39 is 10.0 Å². The average molecular weight is 475 g/mol. The van der Waals surface area contributed by atoms with Crippen LogP contribution in [0.15, 0.2) is 47.4 Å². The number of amides is 1. The van der Waals surface area contributed by atoms with E-state index in [1.165, 1.54) is 12.1 Å². The summed E-state index contributed by atoms with van der Waals surface area (Å²) in [7, 11) is -3.73. The van der Waals surface area contributed by atoms with Crippen molar-refractivity contribution in [2.75, 3.05) is 26.3 Å². The molecule has 0 aromatic heterocycles. The number of carbonyl (C=O) groups is 1. The first-order valence-corrected chi connectivity index (χ1v) is 12.7. The van der Waals surface area contributed by atoms with Crippen molar-refractivity contribution in [3.05, 3.63) is 53.6 Å². The summed E-state index contributed by atoms with van der Waals surface area (Å²) < 4.78 is 45.0.